The monoisotopic (exact) mass is 448 g/mol. The number of nitrogens with one attached hydrogen (secondary N) is 1. The highest BCUT2D eigenvalue weighted by molar-refractivity contribution is 7.89. The van der Waals surface area contributed by atoms with E-state index >= 15 is 0 Å². The van der Waals surface area contributed by atoms with Gasteiger partial charge in [0.15, 0.2) is 0 Å². The molecule has 9 nitrogen and oxygen atoms in total. The molecule has 0 atom stereocenters. The van der Waals surface area contributed by atoms with Crippen molar-refractivity contribution in [2.75, 3.05) is 51.3 Å². The van der Waals surface area contributed by atoms with Crippen LogP contribution in [0.15, 0.2) is 47.4 Å². The maximum atomic E-state index is 12.6. The van der Waals surface area contributed by atoms with Crippen LogP contribution in [-0.2, 0) is 10.0 Å². The van der Waals surface area contributed by atoms with Gasteiger partial charge in [-0.15, -0.1) is 0 Å². The predicted octanol–water partition coefficient (Wildman–Crippen LogP) is 2.40. The van der Waals surface area contributed by atoms with Crippen molar-refractivity contribution in [1.29, 1.82) is 0 Å². The van der Waals surface area contributed by atoms with E-state index in [1.165, 1.54) is 17.8 Å². The molecule has 168 valence electrons. The number of nitro groups is 1. The van der Waals surface area contributed by atoms with Crippen LogP contribution in [0.4, 0.5) is 11.4 Å². The van der Waals surface area contributed by atoms with Crippen molar-refractivity contribution in [2.24, 2.45) is 0 Å². The molecule has 1 heterocycles. The van der Waals surface area contributed by atoms with Crippen molar-refractivity contribution in [3.63, 3.8) is 0 Å². The highest BCUT2D eigenvalue weighted by atomic mass is 32.2. The number of nitro benzene ring substituents is 1. The third-order valence-electron chi connectivity index (χ3n) is 5.43. The molecule has 0 spiro atoms. The Morgan fingerprint density at radius 3 is 2.39 bits per heavy atom. The van der Waals surface area contributed by atoms with Crippen LogP contribution in [0.2, 0.25) is 0 Å². The maximum absolute atomic E-state index is 12.6. The summed E-state index contributed by atoms with van der Waals surface area (Å²) in [5, 5.41) is 10.9. The molecule has 10 heteroatoms. The fourth-order valence-electron chi connectivity index (χ4n) is 3.60. The topological polar surface area (TPSA) is 105 Å². The smallest absolute Gasteiger partial charge is 0.270 e. The first-order valence-corrected chi connectivity index (χ1v) is 11.6. The Morgan fingerprint density at radius 1 is 1.10 bits per heavy atom. The lowest BCUT2D eigenvalue weighted by molar-refractivity contribution is -0.385. The Morgan fingerprint density at radius 2 is 1.77 bits per heavy atom. The average Bonchev–Trinajstić information content (AvgIpc) is 2.77. The van der Waals surface area contributed by atoms with Crippen molar-refractivity contribution in [2.45, 2.75) is 18.2 Å². The van der Waals surface area contributed by atoms with Gasteiger partial charge in [0.1, 0.15) is 5.75 Å². The molecule has 0 aromatic heterocycles. The molecule has 2 aromatic carbocycles. The minimum Gasteiger partial charge on any atom is -0.497 e. The maximum Gasteiger partial charge on any atom is 0.270 e. The zero-order valence-corrected chi connectivity index (χ0v) is 18.6. The molecule has 0 bridgehead atoms. The first kappa shape index (κ1) is 23.0. The third kappa shape index (κ3) is 5.93. The molecular weight excluding hydrogens is 420 g/mol. The summed E-state index contributed by atoms with van der Waals surface area (Å²) in [6.45, 7) is 6.32. The van der Waals surface area contributed by atoms with Crippen molar-refractivity contribution < 1.29 is 18.1 Å². The summed E-state index contributed by atoms with van der Waals surface area (Å²) in [6.07, 6.45) is 0.662. The van der Waals surface area contributed by atoms with Crippen LogP contribution in [0, 0.1) is 17.0 Å². The highest BCUT2D eigenvalue weighted by Gasteiger charge is 2.21. The van der Waals surface area contributed by atoms with Gasteiger partial charge in [-0.05, 0) is 49.7 Å². The summed E-state index contributed by atoms with van der Waals surface area (Å²) in [4.78, 5) is 14.9. The standard InChI is InChI=1S/C21H28N4O5S/c1-17-4-5-19(25(26)27)16-21(17)31(28,29)22-10-3-11-23-12-14-24(15-13-23)18-6-8-20(30-2)9-7-18/h4-9,16,22H,3,10-15H2,1-2H3. The van der Waals surface area contributed by atoms with Crippen molar-refractivity contribution in [1.82, 2.24) is 9.62 Å². The number of nitrogens with zero attached hydrogens (tertiary/aromatic N) is 3. The molecular formula is C21H28N4O5S. The van der Waals surface area contributed by atoms with Crippen LogP contribution in [0.3, 0.4) is 0 Å². The zero-order valence-electron chi connectivity index (χ0n) is 17.8. The fourth-order valence-corrected chi connectivity index (χ4v) is 4.94. The number of piperazine rings is 1. The number of anilines is 1. The number of sulfonamides is 1. The van der Waals surface area contributed by atoms with Crippen molar-refractivity contribution in [3.05, 3.63) is 58.1 Å². The molecule has 0 radical (unpaired) electrons. The number of non-ortho nitro benzene ring substituents is 1. The molecule has 1 fully saturated rings. The Bertz CT molecular complexity index is 1000. The molecule has 1 N–H and O–H groups in total. The van der Waals surface area contributed by atoms with Crippen molar-refractivity contribution in [3.8, 4) is 5.75 Å². The summed E-state index contributed by atoms with van der Waals surface area (Å²) >= 11 is 0. The van der Waals surface area contributed by atoms with Crippen LogP contribution in [-0.4, -0.2) is 64.6 Å². The summed E-state index contributed by atoms with van der Waals surface area (Å²) in [6, 6.07) is 11.9. The number of benzene rings is 2. The Hall–Kier alpha value is -2.69. The van der Waals surface area contributed by atoms with E-state index in [0.29, 0.717) is 12.0 Å². The first-order valence-electron chi connectivity index (χ1n) is 10.2. The number of hydrogen-bond donors (Lipinski definition) is 1. The van der Waals surface area contributed by atoms with Gasteiger partial charge in [0.25, 0.3) is 5.69 Å². The van der Waals surface area contributed by atoms with Gasteiger partial charge >= 0.3 is 0 Å². The lowest BCUT2D eigenvalue weighted by Gasteiger charge is -2.36. The van der Waals surface area contributed by atoms with Gasteiger partial charge in [-0.3, -0.25) is 15.0 Å². The summed E-state index contributed by atoms with van der Waals surface area (Å²) in [5.74, 6) is 0.838. The van der Waals surface area contributed by atoms with E-state index in [1.54, 1.807) is 14.0 Å². The van der Waals surface area contributed by atoms with Gasteiger partial charge in [-0.25, -0.2) is 13.1 Å². The zero-order chi connectivity index (χ0) is 22.4. The summed E-state index contributed by atoms with van der Waals surface area (Å²) in [7, 11) is -2.14. The second-order valence-corrected chi connectivity index (χ2v) is 9.22. The number of methoxy groups -OCH3 is 1. The van der Waals surface area contributed by atoms with Crippen LogP contribution < -0.4 is 14.4 Å². The van der Waals surface area contributed by atoms with Crippen LogP contribution in [0.25, 0.3) is 0 Å². The predicted molar refractivity (Wildman–Crippen MR) is 119 cm³/mol. The largest absolute Gasteiger partial charge is 0.497 e. The molecule has 1 saturated heterocycles. The number of ether oxygens (including phenoxy) is 1. The Labute approximate surface area is 182 Å². The van der Waals surface area contributed by atoms with Gasteiger partial charge in [0.2, 0.25) is 10.0 Å². The van der Waals surface area contributed by atoms with Crippen molar-refractivity contribution >= 4 is 21.4 Å². The van der Waals surface area contributed by atoms with E-state index < -0.39 is 14.9 Å². The molecule has 3 rings (SSSR count). The minimum atomic E-state index is -3.79. The number of hydrogen-bond acceptors (Lipinski definition) is 7. The highest BCUT2D eigenvalue weighted by Crippen LogP contribution is 2.22. The summed E-state index contributed by atoms with van der Waals surface area (Å²) < 4.78 is 32.9. The Balaban J connectivity index is 1.45. The summed E-state index contributed by atoms with van der Waals surface area (Å²) in [5.41, 5.74) is 1.41. The van der Waals surface area contributed by atoms with Gasteiger partial charge in [0, 0.05) is 50.5 Å². The molecule has 2 aromatic rings. The minimum absolute atomic E-state index is 0.0465. The van der Waals surface area contributed by atoms with Crippen LogP contribution in [0.5, 0.6) is 5.75 Å². The van der Waals surface area contributed by atoms with Crippen LogP contribution in [0.1, 0.15) is 12.0 Å². The quantitative estimate of drug-likeness (QED) is 0.357. The number of rotatable bonds is 9. The van der Waals surface area contributed by atoms with E-state index in [4.69, 9.17) is 4.74 Å². The van der Waals surface area contributed by atoms with Crippen LogP contribution >= 0.6 is 0 Å². The lowest BCUT2D eigenvalue weighted by Crippen LogP contribution is -2.47. The van der Waals surface area contributed by atoms with E-state index in [0.717, 1.165) is 44.5 Å². The lowest BCUT2D eigenvalue weighted by atomic mass is 10.2. The van der Waals surface area contributed by atoms with E-state index in [-0.39, 0.29) is 17.1 Å². The van der Waals surface area contributed by atoms with E-state index in [1.807, 2.05) is 12.1 Å². The van der Waals surface area contributed by atoms with Gasteiger partial charge in [0.05, 0.1) is 16.9 Å². The SMILES string of the molecule is COc1ccc(N2CCN(CCCNS(=O)(=O)c3cc([N+](=O)[O-])ccc3C)CC2)cc1. The normalized spacial score (nSPS) is 15.1. The number of aryl methyl sites for hydroxylation is 1. The van der Waals surface area contributed by atoms with Gasteiger partial charge in [-0.1, -0.05) is 6.07 Å². The molecule has 1 aliphatic rings. The molecule has 0 unspecified atom stereocenters. The second-order valence-electron chi connectivity index (χ2n) is 7.48. The molecule has 0 saturated carbocycles. The molecule has 0 aliphatic carbocycles. The second kappa shape index (κ2) is 10.1. The van der Waals surface area contributed by atoms with Gasteiger partial charge < -0.3 is 9.64 Å². The molecule has 0 amide bonds. The first-order chi connectivity index (χ1) is 14.8. The van der Waals surface area contributed by atoms with E-state index in [2.05, 4.69) is 26.7 Å². The Kier molecular flexibility index (Phi) is 7.47. The van der Waals surface area contributed by atoms with E-state index in [9.17, 15) is 18.5 Å². The molecule has 1 aliphatic heterocycles. The third-order valence-corrected chi connectivity index (χ3v) is 7.03. The fraction of sp³-hybridized carbons (Fsp3) is 0.429. The van der Waals surface area contributed by atoms with Gasteiger partial charge in [-0.2, -0.15) is 0 Å². The molecule has 31 heavy (non-hydrogen) atoms. The average molecular weight is 449 g/mol.